The lowest BCUT2D eigenvalue weighted by Crippen LogP contribution is -2.00. The van der Waals surface area contributed by atoms with Crippen LogP contribution in [0.5, 0.6) is 0 Å². The Bertz CT molecular complexity index is 806. The summed E-state index contributed by atoms with van der Waals surface area (Å²) in [6.45, 7) is 0. The molecule has 2 rings (SSSR count). The van der Waals surface area contributed by atoms with Crippen LogP contribution < -0.4 is 5.32 Å². The third-order valence-corrected chi connectivity index (χ3v) is 4.09. The Morgan fingerprint density at radius 1 is 0.917 bits per heavy atom. The number of hydrogen-bond donors (Lipinski definition) is 1. The molecular weight excluding hydrogens is 340 g/mol. The molecule has 0 bridgehead atoms. The second-order valence-corrected chi connectivity index (χ2v) is 5.55. The Balaban J connectivity index is 2.63. The van der Waals surface area contributed by atoms with Crippen LogP contribution in [0.15, 0.2) is 46.2 Å². The molecule has 0 fully saturated rings. The van der Waals surface area contributed by atoms with Gasteiger partial charge < -0.3 is 5.32 Å². The zero-order chi connectivity index (χ0) is 17.9. The van der Waals surface area contributed by atoms with Crippen LogP contribution in [0, 0.1) is 30.3 Å². The van der Waals surface area contributed by atoms with Crippen molar-refractivity contribution in [3.8, 4) is 0 Å². The molecule has 24 heavy (non-hydrogen) atoms. The summed E-state index contributed by atoms with van der Waals surface area (Å²) in [6, 6.07) is 8.15. The van der Waals surface area contributed by atoms with E-state index in [9.17, 15) is 30.3 Å². The van der Waals surface area contributed by atoms with Gasteiger partial charge in [-0.15, -0.1) is 0 Å². The molecule has 124 valence electrons. The monoisotopic (exact) mass is 350 g/mol. The summed E-state index contributed by atoms with van der Waals surface area (Å²) in [5.41, 5.74) is -1.36. The number of nitro benzene ring substituents is 3. The average Bonchev–Trinajstić information content (AvgIpc) is 2.54. The molecule has 0 radical (unpaired) electrons. The minimum atomic E-state index is -0.907. The van der Waals surface area contributed by atoms with Crippen LogP contribution in [-0.4, -0.2) is 21.8 Å². The summed E-state index contributed by atoms with van der Waals surface area (Å²) in [4.78, 5) is 30.9. The molecular formula is C13H10N4O6S. The van der Waals surface area contributed by atoms with Crippen molar-refractivity contribution in [3.05, 3.63) is 66.7 Å². The van der Waals surface area contributed by atoms with Crippen molar-refractivity contribution < 1.29 is 14.8 Å². The first kappa shape index (κ1) is 17.1. The highest BCUT2D eigenvalue weighted by Crippen LogP contribution is 2.44. The maximum atomic E-state index is 11.2. The molecule has 2 aromatic carbocycles. The Morgan fingerprint density at radius 3 is 1.96 bits per heavy atom. The van der Waals surface area contributed by atoms with Crippen LogP contribution in [0.1, 0.15) is 0 Å². The molecule has 0 atom stereocenters. The minimum absolute atomic E-state index is 0.260. The molecule has 10 nitrogen and oxygen atoms in total. The quantitative estimate of drug-likeness (QED) is 0.615. The molecule has 0 aliphatic carbocycles. The second kappa shape index (κ2) is 6.91. The molecule has 2 aromatic rings. The largest absolute Gasteiger partial charge is 0.388 e. The first-order valence-electron chi connectivity index (χ1n) is 6.40. The zero-order valence-corrected chi connectivity index (χ0v) is 13.0. The van der Waals surface area contributed by atoms with Gasteiger partial charge in [0.15, 0.2) is 4.90 Å². The van der Waals surface area contributed by atoms with Gasteiger partial charge >= 0.3 is 0 Å². The average molecular weight is 350 g/mol. The summed E-state index contributed by atoms with van der Waals surface area (Å²) in [7, 11) is 1.68. The fourth-order valence-electron chi connectivity index (χ4n) is 1.90. The first-order valence-corrected chi connectivity index (χ1v) is 7.22. The maximum Gasteiger partial charge on any atom is 0.297 e. The maximum absolute atomic E-state index is 11.2. The molecule has 0 amide bonds. The molecule has 11 heteroatoms. The number of hydrogen-bond acceptors (Lipinski definition) is 8. The van der Waals surface area contributed by atoms with Gasteiger partial charge in [-0.1, -0.05) is 17.8 Å². The van der Waals surface area contributed by atoms with Gasteiger partial charge in [0.1, 0.15) is 0 Å². The number of non-ortho nitro benzene ring substituents is 1. The molecule has 0 aliphatic heterocycles. The smallest absolute Gasteiger partial charge is 0.297 e. The highest BCUT2D eigenvalue weighted by molar-refractivity contribution is 7.99. The highest BCUT2D eigenvalue weighted by Gasteiger charge is 2.31. The Kier molecular flexibility index (Phi) is 4.94. The van der Waals surface area contributed by atoms with Gasteiger partial charge in [0.25, 0.3) is 17.1 Å². The van der Waals surface area contributed by atoms with Gasteiger partial charge in [0.2, 0.25) is 0 Å². The van der Waals surface area contributed by atoms with Crippen molar-refractivity contribution >= 4 is 34.5 Å². The van der Waals surface area contributed by atoms with E-state index in [0.29, 0.717) is 10.6 Å². The fraction of sp³-hybridized carbons (Fsp3) is 0.0769. The number of benzene rings is 2. The van der Waals surface area contributed by atoms with Crippen LogP contribution >= 0.6 is 11.8 Å². The van der Waals surface area contributed by atoms with Crippen LogP contribution in [-0.2, 0) is 0 Å². The number of rotatable bonds is 6. The molecule has 0 saturated heterocycles. The number of nitro groups is 3. The lowest BCUT2D eigenvalue weighted by molar-refractivity contribution is -0.407. The van der Waals surface area contributed by atoms with E-state index < -0.39 is 31.8 Å². The lowest BCUT2D eigenvalue weighted by Gasteiger charge is -2.06. The van der Waals surface area contributed by atoms with Gasteiger partial charge in [0, 0.05) is 17.6 Å². The molecule has 0 aliphatic rings. The van der Waals surface area contributed by atoms with Crippen molar-refractivity contribution in [3.63, 3.8) is 0 Å². The lowest BCUT2D eigenvalue weighted by atomic mass is 10.2. The van der Waals surface area contributed by atoms with E-state index in [-0.39, 0.29) is 4.90 Å². The zero-order valence-electron chi connectivity index (χ0n) is 12.2. The van der Waals surface area contributed by atoms with Gasteiger partial charge in [-0.25, -0.2) is 0 Å². The van der Waals surface area contributed by atoms with Gasteiger partial charge in [-0.2, -0.15) is 0 Å². The fourth-order valence-corrected chi connectivity index (χ4v) is 2.94. The molecule has 0 spiro atoms. The number of nitrogens with zero attached hydrogens (tertiary/aromatic N) is 3. The van der Waals surface area contributed by atoms with E-state index in [1.54, 1.807) is 31.3 Å². The van der Waals surface area contributed by atoms with Crippen molar-refractivity contribution in [2.24, 2.45) is 0 Å². The van der Waals surface area contributed by atoms with E-state index in [1.807, 2.05) is 0 Å². The van der Waals surface area contributed by atoms with E-state index in [0.717, 1.165) is 23.9 Å². The standard InChI is InChI=1S/C13H10N4O6S/c1-14-8-3-2-4-10(5-8)24-13-11(16(20)21)6-9(15(18)19)7-12(13)17(22)23/h2-7,14H,1H3. The first-order chi connectivity index (χ1) is 11.3. The van der Waals surface area contributed by atoms with E-state index in [4.69, 9.17) is 0 Å². The van der Waals surface area contributed by atoms with Crippen LogP contribution in [0.3, 0.4) is 0 Å². The molecule has 1 N–H and O–H groups in total. The molecule has 0 saturated carbocycles. The van der Waals surface area contributed by atoms with E-state index in [1.165, 1.54) is 0 Å². The van der Waals surface area contributed by atoms with E-state index in [2.05, 4.69) is 5.32 Å². The minimum Gasteiger partial charge on any atom is -0.388 e. The summed E-state index contributed by atoms with van der Waals surface area (Å²) < 4.78 is 0. The topological polar surface area (TPSA) is 141 Å². The van der Waals surface area contributed by atoms with Gasteiger partial charge in [0.05, 0.1) is 26.9 Å². The van der Waals surface area contributed by atoms with Crippen LogP contribution in [0.4, 0.5) is 22.7 Å². The van der Waals surface area contributed by atoms with Crippen LogP contribution in [0.25, 0.3) is 0 Å². The van der Waals surface area contributed by atoms with Crippen molar-refractivity contribution in [1.29, 1.82) is 0 Å². The SMILES string of the molecule is CNc1cccc(Sc2c([N+](=O)[O-])cc([N+](=O)[O-])cc2[N+](=O)[O-])c1. The third kappa shape index (κ3) is 3.57. The predicted octanol–water partition coefficient (Wildman–Crippen LogP) is 3.60. The Labute approximate surface area is 138 Å². The summed E-state index contributed by atoms with van der Waals surface area (Å²) in [6.07, 6.45) is 0. The van der Waals surface area contributed by atoms with E-state index >= 15 is 0 Å². The Hall–Kier alpha value is -3.21. The van der Waals surface area contributed by atoms with Gasteiger partial charge in [-0.05, 0) is 18.2 Å². The van der Waals surface area contributed by atoms with Crippen LogP contribution in [0.2, 0.25) is 0 Å². The van der Waals surface area contributed by atoms with Gasteiger partial charge in [-0.3, -0.25) is 30.3 Å². The second-order valence-electron chi connectivity index (χ2n) is 4.46. The van der Waals surface area contributed by atoms with Crippen molar-refractivity contribution in [2.75, 3.05) is 12.4 Å². The van der Waals surface area contributed by atoms with Crippen molar-refractivity contribution in [2.45, 2.75) is 9.79 Å². The summed E-state index contributed by atoms with van der Waals surface area (Å²) >= 11 is 0.802. The Morgan fingerprint density at radius 2 is 1.50 bits per heavy atom. The number of anilines is 1. The normalized spacial score (nSPS) is 10.2. The summed E-state index contributed by atoms with van der Waals surface area (Å²) in [5.74, 6) is 0. The predicted molar refractivity (Wildman–Crippen MR) is 86.5 cm³/mol. The third-order valence-electron chi connectivity index (χ3n) is 2.98. The number of nitrogens with one attached hydrogen (secondary N) is 1. The molecule has 0 heterocycles. The summed E-state index contributed by atoms with van der Waals surface area (Å²) in [5, 5.41) is 36.2. The highest BCUT2D eigenvalue weighted by atomic mass is 32.2. The van der Waals surface area contributed by atoms with Crippen molar-refractivity contribution in [1.82, 2.24) is 0 Å². The molecule has 0 aromatic heterocycles. The molecule has 0 unspecified atom stereocenters.